The zero-order chi connectivity index (χ0) is 13.8. The topological polar surface area (TPSA) is 21.3 Å². The van der Waals surface area contributed by atoms with E-state index in [4.69, 9.17) is 4.74 Å². The molecule has 2 unspecified atom stereocenters. The third-order valence-electron chi connectivity index (χ3n) is 3.55. The highest BCUT2D eigenvalue weighted by Gasteiger charge is 2.15. The summed E-state index contributed by atoms with van der Waals surface area (Å²) in [4.78, 5) is 0. The van der Waals surface area contributed by atoms with Gasteiger partial charge in [0, 0.05) is 18.7 Å². The molecule has 0 heterocycles. The van der Waals surface area contributed by atoms with Gasteiger partial charge in [-0.2, -0.15) is 0 Å². The number of rotatable bonds is 12. The van der Waals surface area contributed by atoms with E-state index in [2.05, 4.69) is 39.9 Å². The van der Waals surface area contributed by atoms with Crippen LogP contribution in [0.2, 0.25) is 0 Å². The molecule has 0 amide bonds. The van der Waals surface area contributed by atoms with Crippen molar-refractivity contribution in [1.29, 1.82) is 0 Å². The Kier molecular flexibility index (Phi) is 11.9. The van der Waals surface area contributed by atoms with Gasteiger partial charge in [0.2, 0.25) is 0 Å². The van der Waals surface area contributed by atoms with E-state index >= 15 is 0 Å². The van der Waals surface area contributed by atoms with Crippen LogP contribution in [0.3, 0.4) is 0 Å². The molecule has 0 saturated heterocycles. The Morgan fingerprint density at radius 1 is 0.944 bits per heavy atom. The fraction of sp³-hybridized carbons (Fsp3) is 1.00. The molecule has 0 radical (unpaired) electrons. The molecule has 0 fully saturated rings. The molecule has 0 aliphatic carbocycles. The van der Waals surface area contributed by atoms with Crippen LogP contribution in [0.4, 0.5) is 0 Å². The van der Waals surface area contributed by atoms with Crippen molar-refractivity contribution in [2.75, 3.05) is 13.2 Å². The Morgan fingerprint density at radius 2 is 1.61 bits per heavy atom. The average Bonchev–Trinajstić information content (AvgIpc) is 2.33. The maximum Gasteiger partial charge on any atom is 0.0622 e. The minimum Gasteiger partial charge on any atom is -0.380 e. The van der Waals surface area contributed by atoms with Gasteiger partial charge in [0.15, 0.2) is 0 Å². The van der Waals surface area contributed by atoms with Crippen molar-refractivity contribution in [1.82, 2.24) is 5.32 Å². The van der Waals surface area contributed by atoms with Gasteiger partial charge in [-0.15, -0.1) is 0 Å². The van der Waals surface area contributed by atoms with Crippen molar-refractivity contribution >= 4 is 0 Å². The van der Waals surface area contributed by atoms with E-state index in [0.717, 1.165) is 13.2 Å². The second-order valence-corrected chi connectivity index (χ2v) is 5.78. The number of ether oxygens (including phenoxy) is 1. The largest absolute Gasteiger partial charge is 0.380 e. The maximum absolute atomic E-state index is 5.55. The molecule has 2 nitrogen and oxygen atoms in total. The minimum absolute atomic E-state index is 0.496. The molecule has 0 spiro atoms. The Balaban J connectivity index is 3.70. The van der Waals surface area contributed by atoms with E-state index < -0.39 is 0 Å². The fourth-order valence-corrected chi connectivity index (χ4v) is 2.18. The molecule has 0 aliphatic heterocycles. The van der Waals surface area contributed by atoms with E-state index in [1.807, 2.05) is 0 Å². The number of hydrogen-bond donors (Lipinski definition) is 1. The molecule has 2 heteroatoms. The van der Waals surface area contributed by atoms with Crippen LogP contribution in [0.25, 0.3) is 0 Å². The molecule has 0 aromatic carbocycles. The lowest BCUT2D eigenvalue weighted by atomic mass is 10.0. The summed E-state index contributed by atoms with van der Waals surface area (Å²) in [7, 11) is 0. The average molecular weight is 257 g/mol. The molecule has 0 aromatic heterocycles. The quantitative estimate of drug-likeness (QED) is 0.524. The van der Waals surface area contributed by atoms with Crippen LogP contribution in [0.1, 0.15) is 73.1 Å². The van der Waals surface area contributed by atoms with Gasteiger partial charge in [0.05, 0.1) is 6.61 Å². The van der Waals surface area contributed by atoms with Crippen molar-refractivity contribution in [3.05, 3.63) is 0 Å². The van der Waals surface area contributed by atoms with Crippen LogP contribution in [0, 0.1) is 5.92 Å². The summed E-state index contributed by atoms with van der Waals surface area (Å²) < 4.78 is 5.55. The molecule has 0 rings (SSSR count). The zero-order valence-electron chi connectivity index (χ0n) is 13.3. The van der Waals surface area contributed by atoms with Gasteiger partial charge in [-0.25, -0.2) is 0 Å². The molecule has 0 aromatic rings. The first kappa shape index (κ1) is 17.9. The van der Waals surface area contributed by atoms with Crippen LogP contribution in [0.15, 0.2) is 0 Å². The Bertz CT molecular complexity index is 170. The summed E-state index contributed by atoms with van der Waals surface area (Å²) in [6, 6.07) is 1.11. The predicted octanol–water partition coefficient (Wildman–Crippen LogP) is 4.39. The van der Waals surface area contributed by atoms with Crippen molar-refractivity contribution in [3.63, 3.8) is 0 Å². The van der Waals surface area contributed by atoms with E-state index in [0.29, 0.717) is 18.0 Å². The first-order valence-electron chi connectivity index (χ1n) is 7.95. The Hall–Kier alpha value is -0.0800. The second-order valence-electron chi connectivity index (χ2n) is 5.78. The molecular formula is C16H35NO. The highest BCUT2D eigenvalue weighted by molar-refractivity contribution is 4.74. The van der Waals surface area contributed by atoms with Gasteiger partial charge in [-0.3, -0.25) is 0 Å². The summed E-state index contributed by atoms with van der Waals surface area (Å²) in [6.45, 7) is 12.8. The zero-order valence-corrected chi connectivity index (χ0v) is 13.3. The fourth-order valence-electron chi connectivity index (χ4n) is 2.18. The Morgan fingerprint density at radius 3 is 2.17 bits per heavy atom. The van der Waals surface area contributed by atoms with Crippen LogP contribution < -0.4 is 5.32 Å². The third-order valence-corrected chi connectivity index (χ3v) is 3.55. The highest BCUT2D eigenvalue weighted by Crippen LogP contribution is 2.10. The molecule has 0 saturated carbocycles. The summed E-state index contributed by atoms with van der Waals surface area (Å²) in [5.74, 6) is 0.638. The lowest BCUT2D eigenvalue weighted by Crippen LogP contribution is -2.43. The normalized spacial score (nSPS) is 15.0. The SMILES string of the molecule is CCCCCCCC(C)NC(COCC)C(C)C. The maximum atomic E-state index is 5.55. The lowest BCUT2D eigenvalue weighted by molar-refractivity contribution is 0.103. The number of unbranched alkanes of at least 4 members (excludes halogenated alkanes) is 4. The molecule has 18 heavy (non-hydrogen) atoms. The minimum atomic E-state index is 0.496. The monoisotopic (exact) mass is 257 g/mol. The van der Waals surface area contributed by atoms with E-state index in [1.54, 1.807) is 0 Å². The van der Waals surface area contributed by atoms with Gasteiger partial charge in [-0.05, 0) is 26.2 Å². The van der Waals surface area contributed by atoms with Crippen molar-refractivity contribution in [3.8, 4) is 0 Å². The number of hydrogen-bond acceptors (Lipinski definition) is 2. The van der Waals surface area contributed by atoms with Crippen LogP contribution >= 0.6 is 0 Å². The molecule has 110 valence electrons. The first-order valence-corrected chi connectivity index (χ1v) is 7.95. The summed E-state index contributed by atoms with van der Waals surface area (Å²) in [5.41, 5.74) is 0. The number of nitrogens with one attached hydrogen (secondary N) is 1. The van der Waals surface area contributed by atoms with Gasteiger partial charge in [0.1, 0.15) is 0 Å². The van der Waals surface area contributed by atoms with Crippen LogP contribution in [0.5, 0.6) is 0 Å². The Labute approximate surface area is 115 Å². The van der Waals surface area contributed by atoms with E-state index in [1.165, 1.54) is 38.5 Å². The standard InChI is InChI=1S/C16H35NO/c1-6-8-9-10-11-12-15(5)17-16(14(3)4)13-18-7-2/h14-17H,6-13H2,1-5H3. The molecule has 1 N–H and O–H groups in total. The van der Waals surface area contributed by atoms with Gasteiger partial charge < -0.3 is 10.1 Å². The lowest BCUT2D eigenvalue weighted by Gasteiger charge is -2.26. The third kappa shape index (κ3) is 9.90. The van der Waals surface area contributed by atoms with Gasteiger partial charge in [-0.1, -0.05) is 52.9 Å². The van der Waals surface area contributed by atoms with Gasteiger partial charge >= 0.3 is 0 Å². The van der Waals surface area contributed by atoms with Crippen LogP contribution in [-0.2, 0) is 4.74 Å². The molecule has 0 aliphatic rings. The predicted molar refractivity (Wildman–Crippen MR) is 81.1 cm³/mol. The summed E-state index contributed by atoms with van der Waals surface area (Å²) in [5, 5.41) is 3.72. The van der Waals surface area contributed by atoms with Crippen molar-refractivity contribution in [2.45, 2.75) is 85.2 Å². The van der Waals surface area contributed by atoms with Crippen molar-refractivity contribution < 1.29 is 4.74 Å². The highest BCUT2D eigenvalue weighted by atomic mass is 16.5. The van der Waals surface area contributed by atoms with Crippen molar-refractivity contribution in [2.24, 2.45) is 5.92 Å². The smallest absolute Gasteiger partial charge is 0.0622 e. The van der Waals surface area contributed by atoms with E-state index in [-0.39, 0.29) is 0 Å². The summed E-state index contributed by atoms with van der Waals surface area (Å²) >= 11 is 0. The van der Waals surface area contributed by atoms with Crippen LogP contribution in [-0.4, -0.2) is 25.3 Å². The molecular weight excluding hydrogens is 222 g/mol. The summed E-state index contributed by atoms with van der Waals surface area (Å²) in [6.07, 6.45) is 8.15. The molecule has 0 bridgehead atoms. The van der Waals surface area contributed by atoms with Gasteiger partial charge in [0.25, 0.3) is 0 Å². The first-order chi connectivity index (χ1) is 8.61. The second kappa shape index (κ2) is 12.0. The molecule has 2 atom stereocenters. The van der Waals surface area contributed by atoms with E-state index in [9.17, 15) is 0 Å².